The number of aromatic nitrogens is 3. The molecule has 2 aromatic carbocycles. The SMILES string of the molecule is Cc1ccc2c(n1)Nc1ccc(-c3nc(C)no3)cc1N(S(=O)(=O)c1ccc(C(C)(C)C)cc1)C2. The number of hydrogen-bond acceptors (Lipinski definition) is 7. The highest BCUT2D eigenvalue weighted by Crippen LogP contribution is 2.40. The first-order valence-electron chi connectivity index (χ1n) is 11.3. The Kier molecular flexibility index (Phi) is 5.40. The Morgan fingerprint density at radius 3 is 2.37 bits per heavy atom. The summed E-state index contributed by atoms with van der Waals surface area (Å²) in [4.78, 5) is 9.14. The monoisotopic (exact) mass is 489 g/mol. The van der Waals surface area contributed by atoms with Crippen molar-refractivity contribution in [3.05, 3.63) is 77.2 Å². The molecule has 0 spiro atoms. The number of rotatable bonds is 3. The molecule has 8 nitrogen and oxygen atoms in total. The van der Waals surface area contributed by atoms with E-state index in [2.05, 4.69) is 41.2 Å². The molecule has 3 heterocycles. The Hall–Kier alpha value is -3.72. The summed E-state index contributed by atoms with van der Waals surface area (Å²) < 4.78 is 34.8. The lowest BCUT2D eigenvalue weighted by Crippen LogP contribution is -2.30. The molecule has 9 heteroatoms. The van der Waals surface area contributed by atoms with E-state index < -0.39 is 10.0 Å². The molecule has 0 radical (unpaired) electrons. The summed E-state index contributed by atoms with van der Waals surface area (Å²) in [5, 5.41) is 7.19. The maximum absolute atomic E-state index is 14.0. The molecule has 1 aliphatic rings. The van der Waals surface area contributed by atoms with Gasteiger partial charge in [-0.05, 0) is 61.2 Å². The smallest absolute Gasteiger partial charge is 0.264 e. The van der Waals surface area contributed by atoms with E-state index in [9.17, 15) is 8.42 Å². The van der Waals surface area contributed by atoms with Crippen LogP contribution in [0.25, 0.3) is 11.5 Å². The second-order valence-corrected chi connectivity index (χ2v) is 11.6. The van der Waals surface area contributed by atoms with Gasteiger partial charge >= 0.3 is 0 Å². The molecule has 0 aliphatic carbocycles. The fourth-order valence-corrected chi connectivity index (χ4v) is 5.50. The number of hydrogen-bond donors (Lipinski definition) is 1. The van der Waals surface area contributed by atoms with Gasteiger partial charge in [0, 0.05) is 16.8 Å². The first kappa shape index (κ1) is 23.0. The van der Waals surface area contributed by atoms with Crippen LogP contribution >= 0.6 is 0 Å². The lowest BCUT2D eigenvalue weighted by Gasteiger charge is -2.25. The maximum atomic E-state index is 14.0. The number of nitrogens with zero attached hydrogens (tertiary/aromatic N) is 4. The topological polar surface area (TPSA) is 101 Å². The standard InChI is InChI=1S/C26H27N5O3S/c1-16-6-7-19-15-31(35(32,33)21-11-9-20(10-12-21)26(3,4)5)23-14-18(25-28-17(2)30-34-25)8-13-22(23)29-24(19)27-16/h6-14H,15H2,1-5H3,(H,27,29). The van der Waals surface area contributed by atoms with E-state index in [0.29, 0.717) is 34.5 Å². The van der Waals surface area contributed by atoms with Crippen molar-refractivity contribution in [1.29, 1.82) is 0 Å². The fourth-order valence-electron chi connectivity index (χ4n) is 4.05. The van der Waals surface area contributed by atoms with E-state index in [1.165, 1.54) is 4.31 Å². The molecule has 0 saturated heterocycles. The molecule has 0 unspecified atom stereocenters. The first-order valence-corrected chi connectivity index (χ1v) is 12.8. The molecular formula is C26H27N5O3S. The largest absolute Gasteiger partial charge is 0.338 e. The maximum Gasteiger partial charge on any atom is 0.264 e. The average Bonchev–Trinajstić information content (AvgIpc) is 3.17. The van der Waals surface area contributed by atoms with Crippen LogP contribution < -0.4 is 9.62 Å². The van der Waals surface area contributed by atoms with Gasteiger partial charge in [0.2, 0.25) is 0 Å². The summed E-state index contributed by atoms with van der Waals surface area (Å²) >= 11 is 0. The lowest BCUT2D eigenvalue weighted by molar-refractivity contribution is 0.425. The minimum atomic E-state index is -3.91. The third-order valence-electron chi connectivity index (χ3n) is 6.03. The van der Waals surface area contributed by atoms with Gasteiger partial charge in [-0.25, -0.2) is 13.4 Å². The van der Waals surface area contributed by atoms with Crippen LogP contribution in [0.1, 0.15) is 43.4 Å². The predicted octanol–water partition coefficient (Wildman–Crippen LogP) is 5.50. The normalized spacial score (nSPS) is 13.6. The Bertz CT molecular complexity index is 1520. The molecule has 35 heavy (non-hydrogen) atoms. The summed E-state index contributed by atoms with van der Waals surface area (Å²) in [7, 11) is -3.91. The van der Waals surface area contributed by atoms with E-state index >= 15 is 0 Å². The molecule has 1 aliphatic heterocycles. The summed E-state index contributed by atoms with van der Waals surface area (Å²) in [5.74, 6) is 1.46. The number of fused-ring (bicyclic) bond motifs is 2. The van der Waals surface area contributed by atoms with Crippen molar-refractivity contribution in [1.82, 2.24) is 15.1 Å². The van der Waals surface area contributed by atoms with Gasteiger partial charge in [-0.2, -0.15) is 4.98 Å². The molecule has 5 rings (SSSR count). The van der Waals surface area contributed by atoms with Crippen LogP contribution in [-0.4, -0.2) is 23.5 Å². The van der Waals surface area contributed by atoms with Gasteiger partial charge < -0.3 is 9.84 Å². The highest BCUT2D eigenvalue weighted by Gasteiger charge is 2.31. The Labute approximate surface area is 205 Å². The molecular weight excluding hydrogens is 462 g/mol. The summed E-state index contributed by atoms with van der Waals surface area (Å²) in [6, 6.07) is 16.3. The number of benzene rings is 2. The Morgan fingerprint density at radius 1 is 0.971 bits per heavy atom. The van der Waals surface area contributed by atoms with Crippen LogP contribution in [-0.2, 0) is 22.0 Å². The molecule has 1 N–H and O–H groups in total. The zero-order valence-corrected chi connectivity index (χ0v) is 21.1. The second kappa shape index (κ2) is 8.20. The third-order valence-corrected chi connectivity index (χ3v) is 7.81. The number of anilines is 3. The van der Waals surface area contributed by atoms with Gasteiger partial charge in [-0.3, -0.25) is 4.31 Å². The number of aryl methyl sites for hydroxylation is 2. The quantitative estimate of drug-likeness (QED) is 0.405. The molecule has 180 valence electrons. The zero-order valence-electron chi connectivity index (χ0n) is 20.3. The van der Waals surface area contributed by atoms with Crippen molar-refractivity contribution >= 4 is 27.2 Å². The molecule has 4 aromatic rings. The van der Waals surface area contributed by atoms with Crippen LogP contribution in [0.2, 0.25) is 0 Å². The predicted molar refractivity (Wildman–Crippen MR) is 135 cm³/mol. The van der Waals surface area contributed by atoms with E-state index in [0.717, 1.165) is 16.8 Å². The molecule has 0 bridgehead atoms. The number of sulfonamides is 1. The summed E-state index contributed by atoms with van der Waals surface area (Å²) in [5.41, 5.74) is 4.33. The van der Waals surface area contributed by atoms with Crippen LogP contribution in [0.5, 0.6) is 0 Å². The third kappa shape index (κ3) is 4.27. The van der Waals surface area contributed by atoms with Gasteiger partial charge in [-0.1, -0.05) is 44.1 Å². The molecule has 0 amide bonds. The van der Waals surface area contributed by atoms with E-state index in [4.69, 9.17) is 4.52 Å². The van der Waals surface area contributed by atoms with Crippen LogP contribution in [0.3, 0.4) is 0 Å². The van der Waals surface area contributed by atoms with Crippen molar-refractivity contribution in [2.45, 2.75) is 51.5 Å². The van der Waals surface area contributed by atoms with Crippen LogP contribution in [0.4, 0.5) is 17.2 Å². The van der Waals surface area contributed by atoms with Gasteiger partial charge in [0.05, 0.1) is 22.8 Å². The van der Waals surface area contributed by atoms with E-state index in [1.807, 2.05) is 43.3 Å². The van der Waals surface area contributed by atoms with E-state index in [1.54, 1.807) is 25.1 Å². The van der Waals surface area contributed by atoms with Crippen molar-refractivity contribution in [3.63, 3.8) is 0 Å². The first-order chi connectivity index (χ1) is 16.5. The number of nitrogens with one attached hydrogen (secondary N) is 1. The Balaban J connectivity index is 1.66. The van der Waals surface area contributed by atoms with Gasteiger partial charge in [0.1, 0.15) is 5.82 Å². The average molecular weight is 490 g/mol. The van der Waals surface area contributed by atoms with Crippen molar-refractivity contribution < 1.29 is 12.9 Å². The molecule has 0 atom stereocenters. The lowest BCUT2D eigenvalue weighted by atomic mass is 9.87. The molecule has 0 saturated carbocycles. The van der Waals surface area contributed by atoms with Gasteiger partial charge in [0.25, 0.3) is 15.9 Å². The van der Waals surface area contributed by atoms with Crippen molar-refractivity contribution in [2.24, 2.45) is 0 Å². The fraction of sp³-hybridized carbons (Fsp3) is 0.269. The summed E-state index contributed by atoms with van der Waals surface area (Å²) in [6.07, 6.45) is 0. The Morgan fingerprint density at radius 2 is 1.71 bits per heavy atom. The second-order valence-electron chi connectivity index (χ2n) is 9.75. The van der Waals surface area contributed by atoms with Gasteiger partial charge in [0.15, 0.2) is 5.82 Å². The highest BCUT2D eigenvalue weighted by molar-refractivity contribution is 7.92. The molecule has 0 fully saturated rings. The number of pyridine rings is 1. The van der Waals surface area contributed by atoms with E-state index in [-0.39, 0.29) is 16.9 Å². The minimum absolute atomic E-state index is 0.0823. The van der Waals surface area contributed by atoms with Crippen molar-refractivity contribution in [2.75, 3.05) is 9.62 Å². The zero-order chi connectivity index (χ0) is 25.0. The van der Waals surface area contributed by atoms with Crippen LogP contribution in [0, 0.1) is 13.8 Å². The molecule has 2 aromatic heterocycles. The van der Waals surface area contributed by atoms with Gasteiger partial charge in [-0.15, -0.1) is 0 Å². The summed E-state index contributed by atoms with van der Waals surface area (Å²) in [6.45, 7) is 10.1. The highest BCUT2D eigenvalue weighted by atomic mass is 32.2. The van der Waals surface area contributed by atoms with Crippen LogP contribution in [0.15, 0.2) is 64.0 Å². The minimum Gasteiger partial charge on any atom is -0.338 e. The van der Waals surface area contributed by atoms with Crippen molar-refractivity contribution in [3.8, 4) is 11.5 Å².